The maximum absolute atomic E-state index is 13.1. The fourth-order valence-corrected chi connectivity index (χ4v) is 5.81. The van der Waals surface area contributed by atoms with Crippen molar-refractivity contribution in [2.75, 3.05) is 33.7 Å². The summed E-state index contributed by atoms with van der Waals surface area (Å²) >= 11 is 0. The van der Waals surface area contributed by atoms with Crippen LogP contribution in [0.5, 0.6) is 0 Å². The van der Waals surface area contributed by atoms with E-state index in [2.05, 4.69) is 86.4 Å². The Labute approximate surface area is 289 Å². The van der Waals surface area contributed by atoms with E-state index in [-0.39, 0.29) is 0 Å². The van der Waals surface area contributed by atoms with Crippen LogP contribution in [0.2, 0.25) is 0 Å². The molecule has 0 spiro atoms. The number of carbonyl (C=O) groups is 1. The SMILES string of the molecule is CCCCCC=CCC=CCCCCCCCCN(CCCCCCCCC=CCC=CCCCCC)C(=O)CCCCN(C)C. The molecule has 0 N–H and O–H groups in total. The van der Waals surface area contributed by atoms with Gasteiger partial charge in [0.25, 0.3) is 0 Å². The Morgan fingerprint density at radius 2 is 0.761 bits per heavy atom. The molecule has 0 bridgehead atoms. The maximum Gasteiger partial charge on any atom is 0.222 e. The highest BCUT2D eigenvalue weighted by atomic mass is 16.2. The van der Waals surface area contributed by atoms with Crippen molar-refractivity contribution in [2.45, 2.75) is 187 Å². The number of unbranched alkanes of at least 4 members (excludes halogenated alkanes) is 19. The Balaban J connectivity index is 4.03. The largest absolute Gasteiger partial charge is 0.343 e. The monoisotopic (exact) mass is 641 g/mol. The molecular weight excluding hydrogens is 560 g/mol. The zero-order chi connectivity index (χ0) is 33.6. The van der Waals surface area contributed by atoms with Crippen molar-refractivity contribution in [3.8, 4) is 0 Å². The Hall–Kier alpha value is -1.61. The molecule has 3 nitrogen and oxygen atoms in total. The second-order valence-corrected chi connectivity index (χ2v) is 13.8. The van der Waals surface area contributed by atoms with Crippen molar-refractivity contribution in [3.63, 3.8) is 0 Å². The van der Waals surface area contributed by atoms with Gasteiger partial charge in [-0.15, -0.1) is 0 Å². The summed E-state index contributed by atoms with van der Waals surface area (Å²) in [4.78, 5) is 17.5. The van der Waals surface area contributed by atoms with Crippen LogP contribution in [0.3, 0.4) is 0 Å². The molecule has 0 atom stereocenters. The highest BCUT2D eigenvalue weighted by Gasteiger charge is 2.12. The third kappa shape index (κ3) is 35.2. The number of carbonyl (C=O) groups excluding carboxylic acids is 1. The number of hydrogen-bond donors (Lipinski definition) is 0. The Bertz CT molecular complexity index is 687. The van der Waals surface area contributed by atoms with Crippen LogP contribution in [0.1, 0.15) is 187 Å². The predicted molar refractivity (Wildman–Crippen MR) is 208 cm³/mol. The van der Waals surface area contributed by atoms with E-state index >= 15 is 0 Å². The highest BCUT2D eigenvalue weighted by molar-refractivity contribution is 5.76. The summed E-state index contributed by atoms with van der Waals surface area (Å²) in [6, 6.07) is 0. The lowest BCUT2D eigenvalue weighted by Crippen LogP contribution is -2.33. The van der Waals surface area contributed by atoms with Gasteiger partial charge in [0.15, 0.2) is 0 Å². The molecule has 0 aromatic rings. The molecule has 0 radical (unpaired) electrons. The first-order valence-electron chi connectivity index (χ1n) is 20.1. The van der Waals surface area contributed by atoms with Crippen molar-refractivity contribution in [3.05, 3.63) is 48.6 Å². The van der Waals surface area contributed by atoms with Gasteiger partial charge in [0.1, 0.15) is 0 Å². The first-order valence-corrected chi connectivity index (χ1v) is 20.1. The normalized spacial score (nSPS) is 12.3. The number of amides is 1. The van der Waals surface area contributed by atoms with E-state index in [9.17, 15) is 4.79 Å². The number of allylic oxidation sites excluding steroid dienone is 8. The fraction of sp³-hybridized carbons (Fsp3) is 0.791. The minimum Gasteiger partial charge on any atom is -0.343 e. The second-order valence-electron chi connectivity index (χ2n) is 13.8. The topological polar surface area (TPSA) is 23.6 Å². The summed E-state index contributed by atoms with van der Waals surface area (Å²) in [6.07, 6.45) is 52.0. The molecule has 0 aliphatic rings. The molecule has 0 aromatic heterocycles. The molecule has 0 unspecified atom stereocenters. The van der Waals surface area contributed by atoms with Crippen molar-refractivity contribution in [1.29, 1.82) is 0 Å². The Kier molecular flexibility index (Phi) is 36.5. The van der Waals surface area contributed by atoms with Gasteiger partial charge in [-0.3, -0.25) is 4.79 Å². The summed E-state index contributed by atoms with van der Waals surface area (Å²) in [5.74, 6) is 0.393. The van der Waals surface area contributed by atoms with Crippen LogP contribution in [0.15, 0.2) is 48.6 Å². The molecule has 3 heteroatoms. The van der Waals surface area contributed by atoms with Gasteiger partial charge in [0, 0.05) is 19.5 Å². The predicted octanol–water partition coefficient (Wildman–Crippen LogP) is 13.2. The van der Waals surface area contributed by atoms with Crippen LogP contribution >= 0.6 is 0 Å². The van der Waals surface area contributed by atoms with Crippen LogP contribution < -0.4 is 0 Å². The zero-order valence-corrected chi connectivity index (χ0v) is 31.6. The smallest absolute Gasteiger partial charge is 0.222 e. The van der Waals surface area contributed by atoms with Crippen molar-refractivity contribution in [1.82, 2.24) is 9.80 Å². The van der Waals surface area contributed by atoms with Gasteiger partial charge in [-0.1, -0.05) is 140 Å². The second kappa shape index (κ2) is 37.8. The van der Waals surface area contributed by atoms with E-state index in [1.165, 1.54) is 128 Å². The third-order valence-electron chi connectivity index (χ3n) is 8.86. The van der Waals surface area contributed by atoms with Gasteiger partial charge >= 0.3 is 0 Å². The van der Waals surface area contributed by atoms with Gasteiger partial charge in [-0.05, 0) is 111 Å². The summed E-state index contributed by atoms with van der Waals surface area (Å²) < 4.78 is 0. The van der Waals surface area contributed by atoms with Crippen LogP contribution in [0, 0.1) is 0 Å². The van der Waals surface area contributed by atoms with Gasteiger partial charge in [-0.25, -0.2) is 0 Å². The Morgan fingerprint density at radius 1 is 0.413 bits per heavy atom. The van der Waals surface area contributed by atoms with Crippen molar-refractivity contribution in [2.24, 2.45) is 0 Å². The lowest BCUT2D eigenvalue weighted by molar-refractivity contribution is -0.131. The molecule has 1 amide bonds. The van der Waals surface area contributed by atoms with E-state index in [0.717, 1.165) is 64.6 Å². The minimum atomic E-state index is 0.393. The van der Waals surface area contributed by atoms with Crippen LogP contribution in [-0.4, -0.2) is 49.4 Å². The molecule has 0 rings (SSSR count). The van der Waals surface area contributed by atoms with E-state index < -0.39 is 0 Å². The molecule has 0 saturated carbocycles. The van der Waals surface area contributed by atoms with E-state index in [1.807, 2.05) is 0 Å². The van der Waals surface area contributed by atoms with Crippen LogP contribution in [0.4, 0.5) is 0 Å². The van der Waals surface area contributed by atoms with Crippen LogP contribution in [-0.2, 0) is 4.79 Å². The van der Waals surface area contributed by atoms with E-state index in [0.29, 0.717) is 5.91 Å². The summed E-state index contributed by atoms with van der Waals surface area (Å²) in [6.45, 7) is 7.52. The number of rotatable bonds is 35. The van der Waals surface area contributed by atoms with Gasteiger partial charge < -0.3 is 9.80 Å². The van der Waals surface area contributed by atoms with Gasteiger partial charge in [-0.2, -0.15) is 0 Å². The standard InChI is InChI=1S/C43H80N2O/c1-5-7-9-11-13-15-17-19-21-23-25-27-29-31-33-36-41-45(43(46)39-35-38-40-44(3)4)42-37-34-32-30-28-26-24-22-20-18-16-14-12-10-8-6-2/h13-16,19-22H,5-12,17-18,23-42H2,1-4H3. The first-order chi connectivity index (χ1) is 22.6. The van der Waals surface area contributed by atoms with Crippen LogP contribution in [0.25, 0.3) is 0 Å². The molecule has 0 saturated heterocycles. The number of hydrogen-bond acceptors (Lipinski definition) is 2. The molecule has 46 heavy (non-hydrogen) atoms. The lowest BCUT2D eigenvalue weighted by atomic mass is 10.1. The third-order valence-corrected chi connectivity index (χ3v) is 8.86. The number of nitrogens with zero attached hydrogens (tertiary/aromatic N) is 2. The van der Waals surface area contributed by atoms with Gasteiger partial charge in [0.2, 0.25) is 5.91 Å². The molecule has 268 valence electrons. The quantitative estimate of drug-likeness (QED) is 0.0508. The zero-order valence-electron chi connectivity index (χ0n) is 31.6. The lowest BCUT2D eigenvalue weighted by Gasteiger charge is -2.23. The Morgan fingerprint density at radius 3 is 1.15 bits per heavy atom. The van der Waals surface area contributed by atoms with Gasteiger partial charge in [0.05, 0.1) is 0 Å². The molecule has 0 aliphatic carbocycles. The van der Waals surface area contributed by atoms with Crippen molar-refractivity contribution >= 4 is 5.91 Å². The van der Waals surface area contributed by atoms with E-state index in [4.69, 9.17) is 0 Å². The molecule has 0 aromatic carbocycles. The average Bonchev–Trinajstić information content (AvgIpc) is 3.05. The summed E-state index contributed by atoms with van der Waals surface area (Å²) in [5.41, 5.74) is 0. The fourth-order valence-electron chi connectivity index (χ4n) is 5.81. The first kappa shape index (κ1) is 44.4. The minimum absolute atomic E-state index is 0.393. The summed E-state index contributed by atoms with van der Waals surface area (Å²) in [7, 11) is 4.23. The van der Waals surface area contributed by atoms with E-state index in [1.54, 1.807) is 0 Å². The maximum atomic E-state index is 13.1. The summed E-state index contributed by atoms with van der Waals surface area (Å²) in [5, 5.41) is 0. The highest BCUT2D eigenvalue weighted by Crippen LogP contribution is 2.13. The molecular formula is C43H80N2O. The average molecular weight is 641 g/mol. The molecule has 0 heterocycles. The van der Waals surface area contributed by atoms with Crippen molar-refractivity contribution < 1.29 is 4.79 Å². The molecule has 0 aliphatic heterocycles. The molecule has 0 fully saturated rings.